The summed E-state index contributed by atoms with van der Waals surface area (Å²) in [6.45, 7) is 4.26. The molecule has 1 aliphatic carbocycles. The lowest BCUT2D eigenvalue weighted by molar-refractivity contribution is 0.917. The van der Waals surface area contributed by atoms with Gasteiger partial charge in [0, 0.05) is 20.5 Å². The molecule has 0 spiro atoms. The summed E-state index contributed by atoms with van der Waals surface area (Å²) in [5.41, 5.74) is 5.04. The van der Waals surface area contributed by atoms with E-state index in [1.54, 1.807) is 11.8 Å². The predicted molar refractivity (Wildman–Crippen MR) is 130 cm³/mol. The second-order valence-electron chi connectivity index (χ2n) is 7.71. The Labute approximate surface area is 189 Å². The van der Waals surface area contributed by atoms with Gasteiger partial charge in [-0.1, -0.05) is 29.3 Å². The van der Waals surface area contributed by atoms with Gasteiger partial charge in [0.1, 0.15) is 16.5 Å². The van der Waals surface area contributed by atoms with Crippen molar-refractivity contribution in [3.8, 4) is 0 Å². The minimum Gasteiger partial charge on any atom is -0.339 e. The first-order chi connectivity index (χ1) is 14.6. The van der Waals surface area contributed by atoms with Crippen LogP contribution in [0.2, 0.25) is 5.02 Å². The first kappa shape index (κ1) is 19.9. The fourth-order valence-electron chi connectivity index (χ4n) is 3.96. The van der Waals surface area contributed by atoms with Crippen LogP contribution in [-0.2, 0) is 18.6 Å². The molecule has 30 heavy (non-hydrogen) atoms. The number of aryl methyl sites for hydroxylation is 4. The number of benzene rings is 2. The molecule has 0 saturated heterocycles. The van der Waals surface area contributed by atoms with Crippen LogP contribution in [-0.4, -0.2) is 9.97 Å². The number of fused-ring (bicyclic) bond motifs is 3. The summed E-state index contributed by atoms with van der Waals surface area (Å²) in [6.07, 6.45) is 3.52. The molecular formula is C24H22ClN3S2. The van der Waals surface area contributed by atoms with E-state index in [0.29, 0.717) is 0 Å². The molecule has 0 bridgehead atoms. The largest absolute Gasteiger partial charge is 0.339 e. The number of anilines is 2. The lowest BCUT2D eigenvalue weighted by Crippen LogP contribution is -2.02. The van der Waals surface area contributed by atoms with Gasteiger partial charge in [0.05, 0.1) is 11.1 Å². The number of nitrogens with one attached hydrogen (secondary N) is 1. The molecular weight excluding hydrogens is 430 g/mol. The van der Waals surface area contributed by atoms with Crippen LogP contribution in [0.25, 0.3) is 10.2 Å². The van der Waals surface area contributed by atoms with Gasteiger partial charge in [0.25, 0.3) is 0 Å². The smallest absolute Gasteiger partial charge is 0.143 e. The maximum atomic E-state index is 6.01. The lowest BCUT2D eigenvalue weighted by Gasteiger charge is -2.13. The zero-order valence-corrected chi connectivity index (χ0v) is 19.3. The third kappa shape index (κ3) is 3.94. The van der Waals surface area contributed by atoms with Gasteiger partial charge in [-0.3, -0.25) is 0 Å². The SMILES string of the molecule is Cc1ccc(Nc2nc(CSc3ccc(Cl)cc3)nc3sc4c(c23)CCC4)c(C)c1. The summed E-state index contributed by atoms with van der Waals surface area (Å²) in [5, 5.41) is 5.60. The topological polar surface area (TPSA) is 37.8 Å². The number of hydrogen-bond acceptors (Lipinski definition) is 5. The van der Waals surface area contributed by atoms with Gasteiger partial charge in [-0.25, -0.2) is 9.97 Å². The highest BCUT2D eigenvalue weighted by Gasteiger charge is 2.22. The van der Waals surface area contributed by atoms with Gasteiger partial charge in [0.2, 0.25) is 0 Å². The molecule has 0 atom stereocenters. The maximum Gasteiger partial charge on any atom is 0.143 e. The van der Waals surface area contributed by atoms with Crippen LogP contribution in [0.5, 0.6) is 0 Å². The molecule has 2 heterocycles. The van der Waals surface area contributed by atoms with E-state index in [2.05, 4.69) is 37.4 Å². The Morgan fingerprint density at radius 1 is 1.07 bits per heavy atom. The normalized spacial score (nSPS) is 13.0. The predicted octanol–water partition coefficient (Wildman–Crippen LogP) is 7.49. The Hall–Kier alpha value is -2.08. The van der Waals surface area contributed by atoms with Gasteiger partial charge in [-0.2, -0.15) is 0 Å². The molecule has 3 nitrogen and oxygen atoms in total. The zero-order chi connectivity index (χ0) is 20.7. The van der Waals surface area contributed by atoms with Crippen molar-refractivity contribution in [2.75, 3.05) is 5.32 Å². The fraction of sp³-hybridized carbons (Fsp3) is 0.250. The molecule has 0 fully saturated rings. The summed E-state index contributed by atoms with van der Waals surface area (Å²) >= 11 is 9.58. The van der Waals surface area contributed by atoms with Gasteiger partial charge in [-0.05, 0) is 74.6 Å². The Morgan fingerprint density at radius 2 is 1.90 bits per heavy atom. The summed E-state index contributed by atoms with van der Waals surface area (Å²) in [4.78, 5) is 13.7. The van der Waals surface area contributed by atoms with E-state index >= 15 is 0 Å². The van der Waals surface area contributed by atoms with E-state index in [9.17, 15) is 0 Å². The Morgan fingerprint density at radius 3 is 2.70 bits per heavy atom. The first-order valence-corrected chi connectivity index (χ1v) is 12.3. The molecule has 152 valence electrons. The highest BCUT2D eigenvalue weighted by Crippen LogP contribution is 2.41. The van der Waals surface area contributed by atoms with Crippen LogP contribution in [0.15, 0.2) is 47.4 Å². The molecule has 4 aromatic rings. The summed E-state index contributed by atoms with van der Waals surface area (Å²) < 4.78 is 0. The van der Waals surface area contributed by atoms with Crippen LogP contribution in [0.3, 0.4) is 0 Å². The number of aromatic nitrogens is 2. The van der Waals surface area contributed by atoms with Gasteiger partial charge < -0.3 is 5.32 Å². The van der Waals surface area contributed by atoms with E-state index in [1.807, 2.05) is 35.6 Å². The molecule has 0 amide bonds. The van der Waals surface area contributed by atoms with Crippen LogP contribution in [0.1, 0.15) is 33.8 Å². The van der Waals surface area contributed by atoms with E-state index in [-0.39, 0.29) is 0 Å². The van der Waals surface area contributed by atoms with Crippen molar-refractivity contribution in [3.05, 3.63) is 74.9 Å². The number of hydrogen-bond donors (Lipinski definition) is 1. The van der Waals surface area contributed by atoms with Crippen molar-refractivity contribution >= 4 is 56.4 Å². The van der Waals surface area contributed by atoms with Crippen LogP contribution < -0.4 is 5.32 Å². The number of thiophene rings is 1. The average molecular weight is 452 g/mol. The van der Waals surface area contributed by atoms with Gasteiger partial charge in [0.15, 0.2) is 0 Å². The molecule has 5 rings (SSSR count). The monoisotopic (exact) mass is 451 g/mol. The van der Waals surface area contributed by atoms with Gasteiger partial charge in [-0.15, -0.1) is 23.1 Å². The summed E-state index contributed by atoms with van der Waals surface area (Å²) in [6, 6.07) is 14.4. The summed E-state index contributed by atoms with van der Waals surface area (Å²) in [5.74, 6) is 2.52. The Kier molecular flexibility index (Phi) is 5.44. The van der Waals surface area contributed by atoms with E-state index in [0.717, 1.165) is 45.8 Å². The van der Waals surface area contributed by atoms with E-state index < -0.39 is 0 Å². The van der Waals surface area contributed by atoms with Crippen molar-refractivity contribution < 1.29 is 0 Å². The van der Waals surface area contributed by atoms with Crippen molar-refractivity contribution in [3.63, 3.8) is 0 Å². The quantitative estimate of drug-likeness (QED) is 0.319. The first-order valence-electron chi connectivity index (χ1n) is 10.1. The van der Waals surface area contributed by atoms with E-state index in [4.69, 9.17) is 21.6 Å². The highest BCUT2D eigenvalue weighted by molar-refractivity contribution is 7.98. The Bertz CT molecular complexity index is 1230. The minimum absolute atomic E-state index is 0.724. The molecule has 1 N–H and O–H groups in total. The number of thioether (sulfide) groups is 1. The maximum absolute atomic E-state index is 6.01. The van der Waals surface area contributed by atoms with Crippen LogP contribution in [0.4, 0.5) is 11.5 Å². The van der Waals surface area contributed by atoms with E-state index in [1.165, 1.54) is 38.3 Å². The molecule has 0 unspecified atom stereocenters. The average Bonchev–Trinajstić information content (AvgIpc) is 3.30. The zero-order valence-electron chi connectivity index (χ0n) is 17.0. The fourth-order valence-corrected chi connectivity index (χ4v) is 6.11. The van der Waals surface area contributed by atoms with Gasteiger partial charge >= 0.3 is 0 Å². The molecule has 2 aromatic carbocycles. The van der Waals surface area contributed by atoms with Crippen molar-refractivity contribution in [2.45, 2.75) is 43.8 Å². The highest BCUT2D eigenvalue weighted by atomic mass is 35.5. The molecule has 2 aromatic heterocycles. The summed E-state index contributed by atoms with van der Waals surface area (Å²) in [7, 11) is 0. The second kappa shape index (κ2) is 8.22. The van der Waals surface area contributed by atoms with Crippen molar-refractivity contribution in [1.82, 2.24) is 9.97 Å². The third-order valence-corrected chi connectivity index (χ3v) is 7.87. The van der Waals surface area contributed by atoms with Crippen LogP contribution >= 0.6 is 34.7 Å². The van der Waals surface area contributed by atoms with Crippen molar-refractivity contribution in [2.24, 2.45) is 0 Å². The number of halogens is 1. The molecule has 6 heteroatoms. The number of rotatable bonds is 5. The molecule has 0 aliphatic heterocycles. The molecule has 0 radical (unpaired) electrons. The third-order valence-electron chi connectivity index (χ3n) is 5.43. The minimum atomic E-state index is 0.724. The lowest BCUT2D eigenvalue weighted by atomic mass is 10.1. The number of nitrogens with zero attached hydrogens (tertiary/aromatic N) is 2. The van der Waals surface area contributed by atoms with Crippen molar-refractivity contribution in [1.29, 1.82) is 0 Å². The van der Waals surface area contributed by atoms with Crippen LogP contribution in [0, 0.1) is 13.8 Å². The molecule has 1 aliphatic rings. The molecule has 0 saturated carbocycles. The standard InChI is InChI=1S/C24H22ClN3S2/c1-14-6-11-19(15(2)12-14)26-23-22-18-4-3-5-20(18)30-24(22)28-21(27-23)13-29-17-9-7-16(25)8-10-17/h6-12H,3-5,13H2,1-2H3,(H,26,27,28). The Balaban J connectivity index is 1.52. The second-order valence-corrected chi connectivity index (χ2v) is 10.3.